The first-order valence-electron chi connectivity index (χ1n) is 6.56. The van der Waals surface area contributed by atoms with Gasteiger partial charge in [-0.3, -0.25) is 0 Å². The minimum atomic E-state index is 0.407. The first-order chi connectivity index (χ1) is 9.85. The minimum Gasteiger partial charge on any atom is -0.496 e. The van der Waals surface area contributed by atoms with E-state index in [0.29, 0.717) is 5.88 Å². The molecule has 1 N–H and O–H groups in total. The number of methoxy groups -OCH3 is 1. The van der Waals surface area contributed by atoms with E-state index in [1.54, 1.807) is 7.11 Å². The van der Waals surface area contributed by atoms with Crippen molar-refractivity contribution in [3.63, 3.8) is 0 Å². The summed E-state index contributed by atoms with van der Waals surface area (Å²) in [5.74, 6) is 1.24. The van der Waals surface area contributed by atoms with Gasteiger partial charge in [0.15, 0.2) is 0 Å². The molecule has 5 heteroatoms. The summed E-state index contributed by atoms with van der Waals surface area (Å²) in [6.07, 6.45) is 2.84. The largest absolute Gasteiger partial charge is 0.496 e. The number of nitrogens with zero attached hydrogens (tertiary/aromatic N) is 2. The maximum atomic E-state index is 6.12. The Bertz CT molecular complexity index is 657. The smallest absolute Gasteiger partial charge is 0.127 e. The van der Waals surface area contributed by atoms with Crippen LogP contribution < -0.4 is 15.3 Å². The molecule has 0 saturated carbocycles. The molecular formula is C15H16ClN3O. The molecule has 104 valence electrons. The Morgan fingerprint density at radius 1 is 1.35 bits per heavy atom. The molecule has 0 aromatic heterocycles. The van der Waals surface area contributed by atoms with Crippen LogP contribution in [0.4, 0.5) is 5.69 Å². The average Bonchev–Trinajstić information content (AvgIpc) is 2.54. The van der Waals surface area contributed by atoms with Crippen molar-refractivity contribution in [1.82, 2.24) is 5.43 Å². The van der Waals surface area contributed by atoms with Gasteiger partial charge in [0, 0.05) is 29.4 Å². The highest BCUT2D eigenvalue weighted by molar-refractivity contribution is 6.18. The number of nitrogens with one attached hydrogen (secondary N) is 1. The summed E-state index contributed by atoms with van der Waals surface area (Å²) in [5.41, 5.74) is 5.26. The van der Waals surface area contributed by atoms with E-state index in [9.17, 15) is 0 Å². The molecule has 0 amide bonds. The zero-order valence-corrected chi connectivity index (χ0v) is 12.0. The number of hydrogen-bond donors (Lipinski definition) is 1. The maximum absolute atomic E-state index is 6.12. The number of ether oxygens (including phenoxy) is 1. The van der Waals surface area contributed by atoms with Gasteiger partial charge < -0.3 is 4.74 Å². The molecule has 0 spiro atoms. The van der Waals surface area contributed by atoms with Gasteiger partial charge in [0.05, 0.1) is 12.8 Å². The second kappa shape index (κ2) is 5.69. The van der Waals surface area contributed by atoms with Crippen molar-refractivity contribution >= 4 is 34.3 Å². The number of benzene rings is 2. The van der Waals surface area contributed by atoms with Crippen molar-refractivity contribution in [2.45, 2.75) is 12.3 Å². The van der Waals surface area contributed by atoms with E-state index in [1.165, 1.54) is 0 Å². The molecule has 20 heavy (non-hydrogen) atoms. The number of hydrazine groups is 1. The molecule has 1 aliphatic heterocycles. The monoisotopic (exact) mass is 289 g/mol. The zero-order valence-electron chi connectivity index (χ0n) is 11.3. The number of anilines is 1. The van der Waals surface area contributed by atoms with E-state index in [-0.39, 0.29) is 0 Å². The summed E-state index contributed by atoms with van der Waals surface area (Å²) in [4.78, 5) is 0. The molecule has 4 nitrogen and oxygen atoms in total. The number of halogens is 1. The fraction of sp³-hybridized carbons (Fsp3) is 0.267. The first-order valence-corrected chi connectivity index (χ1v) is 7.09. The third-order valence-electron chi connectivity index (χ3n) is 3.36. The third-order valence-corrected chi connectivity index (χ3v) is 3.65. The Hall–Kier alpha value is -1.78. The molecule has 2 aromatic rings. The normalized spacial score (nSPS) is 14.8. The molecule has 0 unspecified atom stereocenters. The number of hydrogen-bond acceptors (Lipinski definition) is 4. The number of fused-ring (bicyclic) bond motifs is 1. The molecule has 0 saturated heterocycles. The summed E-state index contributed by atoms with van der Waals surface area (Å²) >= 11 is 6.12. The fourth-order valence-corrected chi connectivity index (χ4v) is 2.66. The Morgan fingerprint density at radius 2 is 2.15 bits per heavy atom. The van der Waals surface area contributed by atoms with E-state index in [1.807, 2.05) is 35.6 Å². The van der Waals surface area contributed by atoms with Crippen LogP contribution in [0.2, 0.25) is 0 Å². The van der Waals surface area contributed by atoms with Crippen molar-refractivity contribution in [2.75, 3.05) is 18.8 Å². The summed E-state index contributed by atoms with van der Waals surface area (Å²) in [6, 6.07) is 10.1. The van der Waals surface area contributed by atoms with Gasteiger partial charge in [-0.2, -0.15) is 10.2 Å². The van der Waals surface area contributed by atoms with E-state index in [2.05, 4.69) is 16.6 Å². The quantitative estimate of drug-likeness (QED) is 0.881. The van der Waals surface area contributed by atoms with E-state index in [0.717, 1.165) is 40.7 Å². The Labute approximate surface area is 122 Å². The van der Waals surface area contributed by atoms with Gasteiger partial charge in [0.1, 0.15) is 5.75 Å². The van der Waals surface area contributed by atoms with Gasteiger partial charge in [-0.05, 0) is 18.1 Å². The van der Waals surface area contributed by atoms with Gasteiger partial charge in [0.25, 0.3) is 0 Å². The topological polar surface area (TPSA) is 36.9 Å². The number of rotatable bonds is 3. The molecule has 2 aromatic carbocycles. The third kappa shape index (κ3) is 2.21. The van der Waals surface area contributed by atoms with Gasteiger partial charge in [-0.15, -0.1) is 11.6 Å². The molecule has 0 fully saturated rings. The minimum absolute atomic E-state index is 0.407. The molecular weight excluding hydrogens is 274 g/mol. The van der Waals surface area contributed by atoms with Crippen LogP contribution in [-0.2, 0) is 5.88 Å². The lowest BCUT2D eigenvalue weighted by molar-refractivity contribution is 0.419. The highest BCUT2D eigenvalue weighted by atomic mass is 35.5. The predicted octanol–water partition coefficient (Wildman–Crippen LogP) is 3.29. The van der Waals surface area contributed by atoms with Crippen molar-refractivity contribution < 1.29 is 4.74 Å². The Balaban J connectivity index is 2.28. The summed E-state index contributed by atoms with van der Waals surface area (Å²) < 4.78 is 5.48. The molecule has 3 rings (SSSR count). The average molecular weight is 290 g/mol. The van der Waals surface area contributed by atoms with Crippen molar-refractivity contribution in [3.05, 3.63) is 35.9 Å². The van der Waals surface area contributed by atoms with E-state index in [4.69, 9.17) is 16.3 Å². The highest BCUT2D eigenvalue weighted by Gasteiger charge is 2.18. The van der Waals surface area contributed by atoms with Crippen LogP contribution in [0.25, 0.3) is 10.8 Å². The number of hydrazone groups is 1. The van der Waals surface area contributed by atoms with Gasteiger partial charge in [-0.25, -0.2) is 5.43 Å². The van der Waals surface area contributed by atoms with Crippen molar-refractivity contribution in [1.29, 1.82) is 0 Å². The van der Waals surface area contributed by atoms with Gasteiger partial charge >= 0.3 is 0 Å². The van der Waals surface area contributed by atoms with Gasteiger partial charge in [0.2, 0.25) is 0 Å². The van der Waals surface area contributed by atoms with Crippen LogP contribution >= 0.6 is 11.6 Å². The van der Waals surface area contributed by atoms with Crippen LogP contribution in [0.5, 0.6) is 5.75 Å². The maximum Gasteiger partial charge on any atom is 0.127 e. The SMILES string of the molecule is COc1cc(CCl)c(N2N=CCCN2)c2ccccc12. The summed E-state index contributed by atoms with van der Waals surface area (Å²) in [5, 5.41) is 8.35. The fourth-order valence-electron chi connectivity index (χ4n) is 2.45. The zero-order chi connectivity index (χ0) is 13.9. The molecule has 0 radical (unpaired) electrons. The van der Waals surface area contributed by atoms with Crippen LogP contribution in [0.1, 0.15) is 12.0 Å². The predicted molar refractivity (Wildman–Crippen MR) is 83.6 cm³/mol. The first kappa shape index (κ1) is 13.2. The molecule has 1 aliphatic rings. The second-order valence-corrected chi connectivity index (χ2v) is 4.84. The standard InChI is InChI=1S/C15H16ClN3O/c1-20-14-9-11(10-16)15(19-17-7-4-8-18-19)13-6-3-2-5-12(13)14/h2-3,5-7,9,18H,4,8,10H2,1H3. The summed E-state index contributed by atoms with van der Waals surface area (Å²) in [7, 11) is 1.68. The van der Waals surface area contributed by atoms with Crippen molar-refractivity contribution in [3.8, 4) is 5.75 Å². The molecule has 0 bridgehead atoms. The van der Waals surface area contributed by atoms with E-state index >= 15 is 0 Å². The van der Waals surface area contributed by atoms with Crippen LogP contribution in [0.3, 0.4) is 0 Å². The van der Waals surface area contributed by atoms with Crippen LogP contribution in [-0.4, -0.2) is 19.9 Å². The lowest BCUT2D eigenvalue weighted by Crippen LogP contribution is -2.38. The highest BCUT2D eigenvalue weighted by Crippen LogP contribution is 2.37. The molecule has 1 heterocycles. The second-order valence-electron chi connectivity index (χ2n) is 4.57. The Morgan fingerprint density at radius 3 is 2.80 bits per heavy atom. The number of alkyl halides is 1. The lowest BCUT2D eigenvalue weighted by Gasteiger charge is -2.26. The van der Waals surface area contributed by atoms with Crippen LogP contribution in [0, 0.1) is 0 Å². The van der Waals surface area contributed by atoms with Crippen LogP contribution in [0.15, 0.2) is 35.4 Å². The molecule has 0 atom stereocenters. The summed E-state index contributed by atoms with van der Waals surface area (Å²) in [6.45, 7) is 0.867. The van der Waals surface area contributed by atoms with Crippen molar-refractivity contribution in [2.24, 2.45) is 5.10 Å². The molecule has 0 aliphatic carbocycles. The van der Waals surface area contributed by atoms with Gasteiger partial charge in [-0.1, -0.05) is 24.3 Å². The lowest BCUT2D eigenvalue weighted by atomic mass is 10.0. The van der Waals surface area contributed by atoms with E-state index < -0.39 is 0 Å². The Kier molecular flexibility index (Phi) is 3.76.